The van der Waals surface area contributed by atoms with E-state index in [1.165, 1.54) is 0 Å². The lowest BCUT2D eigenvalue weighted by Gasteiger charge is -2.27. The fourth-order valence-electron chi connectivity index (χ4n) is 2.16. The zero-order chi connectivity index (χ0) is 11.5. The highest BCUT2D eigenvalue weighted by Gasteiger charge is 2.22. The first-order valence-electron chi connectivity index (χ1n) is 6.05. The van der Waals surface area contributed by atoms with Crippen LogP contribution in [-0.4, -0.2) is 22.8 Å². The minimum Gasteiger partial charge on any atom is -0.379 e. The Morgan fingerprint density at radius 1 is 1.56 bits per heavy atom. The van der Waals surface area contributed by atoms with Crippen LogP contribution in [0.4, 0.5) is 0 Å². The third-order valence-corrected chi connectivity index (χ3v) is 3.29. The fraction of sp³-hybridized carbons (Fsp3) is 0.750. The van der Waals surface area contributed by atoms with Crippen molar-refractivity contribution in [1.82, 2.24) is 9.55 Å². The molecule has 2 atom stereocenters. The molecule has 2 rings (SSSR count). The van der Waals surface area contributed by atoms with E-state index in [1.807, 2.05) is 12.5 Å². The van der Waals surface area contributed by atoms with Crippen molar-refractivity contribution in [3.63, 3.8) is 0 Å². The van der Waals surface area contributed by atoms with Gasteiger partial charge in [0.2, 0.25) is 0 Å². The third-order valence-electron chi connectivity index (χ3n) is 3.29. The van der Waals surface area contributed by atoms with Crippen molar-refractivity contribution in [3.8, 4) is 0 Å². The van der Waals surface area contributed by atoms with Gasteiger partial charge in [-0.1, -0.05) is 13.8 Å². The highest BCUT2D eigenvalue weighted by atomic mass is 16.5. The largest absolute Gasteiger partial charge is 0.379 e. The Labute approximate surface area is 96.8 Å². The smallest absolute Gasteiger partial charge is 0.0952 e. The van der Waals surface area contributed by atoms with E-state index >= 15 is 0 Å². The number of hydrogen-bond acceptors (Lipinski definition) is 3. The van der Waals surface area contributed by atoms with Crippen LogP contribution in [0.5, 0.6) is 0 Å². The molecule has 0 aromatic carbocycles. The average Bonchev–Trinajstić information content (AvgIpc) is 2.77. The van der Waals surface area contributed by atoms with Crippen LogP contribution in [0.25, 0.3) is 0 Å². The molecule has 1 aliphatic rings. The van der Waals surface area contributed by atoms with Crippen LogP contribution in [0.15, 0.2) is 12.5 Å². The average molecular weight is 223 g/mol. The third kappa shape index (κ3) is 2.28. The summed E-state index contributed by atoms with van der Waals surface area (Å²) in [6, 6.07) is 0.473. The van der Waals surface area contributed by atoms with Gasteiger partial charge in [0.1, 0.15) is 0 Å². The summed E-state index contributed by atoms with van der Waals surface area (Å²) in [4.78, 5) is 4.23. The van der Waals surface area contributed by atoms with Crippen molar-refractivity contribution in [2.75, 3.05) is 13.2 Å². The molecule has 0 aliphatic carbocycles. The van der Waals surface area contributed by atoms with Gasteiger partial charge in [-0.25, -0.2) is 4.98 Å². The van der Waals surface area contributed by atoms with Crippen molar-refractivity contribution in [2.24, 2.45) is 11.7 Å². The summed E-state index contributed by atoms with van der Waals surface area (Å²) in [5.41, 5.74) is 7.32. The van der Waals surface area contributed by atoms with Gasteiger partial charge in [0.15, 0.2) is 0 Å². The topological polar surface area (TPSA) is 53.1 Å². The molecule has 0 saturated carbocycles. The molecule has 16 heavy (non-hydrogen) atoms. The van der Waals surface area contributed by atoms with E-state index in [-0.39, 0.29) is 6.04 Å². The van der Waals surface area contributed by atoms with Crippen molar-refractivity contribution in [2.45, 2.75) is 38.8 Å². The summed E-state index contributed by atoms with van der Waals surface area (Å²) >= 11 is 0. The van der Waals surface area contributed by atoms with Crippen molar-refractivity contribution in [1.29, 1.82) is 0 Å². The lowest BCUT2D eigenvalue weighted by molar-refractivity contribution is 0.0577. The molecule has 1 saturated heterocycles. The second kappa shape index (κ2) is 4.97. The molecule has 0 amide bonds. The van der Waals surface area contributed by atoms with E-state index in [9.17, 15) is 0 Å². The standard InChI is InChI=1S/C12H21N3O/c1-9(2)12(13)11-6-14-8-15(11)10-4-3-5-16-7-10/h6,8-10,12H,3-5,7,13H2,1-2H3. The Morgan fingerprint density at radius 2 is 2.38 bits per heavy atom. The normalized spacial score (nSPS) is 23.6. The van der Waals surface area contributed by atoms with Crippen LogP contribution in [0.1, 0.15) is 44.5 Å². The monoisotopic (exact) mass is 223 g/mol. The second-order valence-electron chi connectivity index (χ2n) is 4.87. The van der Waals surface area contributed by atoms with Gasteiger partial charge in [0, 0.05) is 18.8 Å². The predicted octanol–water partition coefficient (Wildman–Crippen LogP) is 1.89. The summed E-state index contributed by atoms with van der Waals surface area (Å²) in [5, 5.41) is 0. The van der Waals surface area contributed by atoms with E-state index in [0.29, 0.717) is 12.0 Å². The predicted molar refractivity (Wildman–Crippen MR) is 63.1 cm³/mol. The van der Waals surface area contributed by atoms with E-state index in [4.69, 9.17) is 10.5 Å². The quantitative estimate of drug-likeness (QED) is 0.851. The molecule has 2 N–H and O–H groups in total. The van der Waals surface area contributed by atoms with Crippen LogP contribution >= 0.6 is 0 Å². The number of ether oxygens (including phenoxy) is 1. The van der Waals surface area contributed by atoms with E-state index in [2.05, 4.69) is 23.4 Å². The van der Waals surface area contributed by atoms with Crippen molar-refractivity contribution in [3.05, 3.63) is 18.2 Å². The maximum absolute atomic E-state index is 6.19. The van der Waals surface area contributed by atoms with Gasteiger partial charge in [-0.2, -0.15) is 0 Å². The Bertz CT molecular complexity index is 329. The molecule has 2 unspecified atom stereocenters. The number of hydrogen-bond donors (Lipinski definition) is 1. The highest BCUT2D eigenvalue weighted by Crippen LogP contribution is 2.25. The van der Waals surface area contributed by atoms with Gasteiger partial charge in [-0.05, 0) is 18.8 Å². The maximum atomic E-state index is 6.19. The number of aromatic nitrogens is 2. The first kappa shape index (κ1) is 11.6. The molecule has 0 radical (unpaired) electrons. The minimum atomic E-state index is 0.0597. The molecule has 1 aromatic heterocycles. The van der Waals surface area contributed by atoms with Crippen LogP contribution in [-0.2, 0) is 4.74 Å². The van der Waals surface area contributed by atoms with E-state index < -0.39 is 0 Å². The van der Waals surface area contributed by atoms with Crippen LogP contribution in [0, 0.1) is 5.92 Å². The number of rotatable bonds is 3. The summed E-state index contributed by atoms with van der Waals surface area (Å²) < 4.78 is 7.71. The molecule has 2 heterocycles. The molecule has 4 nitrogen and oxygen atoms in total. The summed E-state index contributed by atoms with van der Waals surface area (Å²) in [6.07, 6.45) is 6.06. The molecular formula is C12H21N3O. The van der Waals surface area contributed by atoms with Gasteiger partial charge in [0.25, 0.3) is 0 Å². The van der Waals surface area contributed by atoms with Gasteiger partial charge in [0.05, 0.1) is 24.7 Å². The fourth-order valence-corrected chi connectivity index (χ4v) is 2.16. The van der Waals surface area contributed by atoms with Crippen molar-refractivity contribution >= 4 is 0 Å². The molecular weight excluding hydrogens is 202 g/mol. The summed E-state index contributed by atoms with van der Waals surface area (Å²) in [6.45, 7) is 5.95. The minimum absolute atomic E-state index is 0.0597. The van der Waals surface area contributed by atoms with E-state index in [1.54, 1.807) is 0 Å². The summed E-state index contributed by atoms with van der Waals surface area (Å²) in [7, 11) is 0. The van der Waals surface area contributed by atoms with Crippen LogP contribution in [0.3, 0.4) is 0 Å². The molecule has 1 aromatic rings. The number of imidazole rings is 1. The van der Waals surface area contributed by atoms with E-state index in [0.717, 1.165) is 31.7 Å². The molecule has 90 valence electrons. The zero-order valence-corrected chi connectivity index (χ0v) is 10.1. The van der Waals surface area contributed by atoms with Gasteiger partial charge < -0.3 is 15.0 Å². The molecule has 1 aliphatic heterocycles. The first-order chi connectivity index (χ1) is 7.70. The Morgan fingerprint density at radius 3 is 3.00 bits per heavy atom. The Balaban J connectivity index is 2.17. The van der Waals surface area contributed by atoms with Crippen LogP contribution < -0.4 is 5.73 Å². The first-order valence-corrected chi connectivity index (χ1v) is 6.05. The van der Waals surface area contributed by atoms with Gasteiger partial charge in [-0.3, -0.25) is 0 Å². The lowest BCUT2D eigenvalue weighted by atomic mass is 10.0. The molecule has 0 bridgehead atoms. The SMILES string of the molecule is CC(C)C(N)c1cncn1C1CCCOC1. The molecule has 4 heteroatoms. The lowest BCUT2D eigenvalue weighted by Crippen LogP contribution is -2.26. The highest BCUT2D eigenvalue weighted by molar-refractivity contribution is 5.07. The van der Waals surface area contributed by atoms with Gasteiger partial charge in [-0.15, -0.1) is 0 Å². The zero-order valence-electron chi connectivity index (χ0n) is 10.1. The van der Waals surface area contributed by atoms with Crippen LogP contribution in [0.2, 0.25) is 0 Å². The second-order valence-corrected chi connectivity index (χ2v) is 4.87. The molecule has 1 fully saturated rings. The van der Waals surface area contributed by atoms with Crippen molar-refractivity contribution < 1.29 is 4.74 Å². The van der Waals surface area contributed by atoms with Gasteiger partial charge >= 0.3 is 0 Å². The molecule has 0 spiro atoms. The number of nitrogens with two attached hydrogens (primary N) is 1. The summed E-state index contributed by atoms with van der Waals surface area (Å²) in [5.74, 6) is 0.431. The Hall–Kier alpha value is -0.870. The number of nitrogens with zero attached hydrogens (tertiary/aromatic N) is 2. The Kier molecular flexibility index (Phi) is 3.61. The maximum Gasteiger partial charge on any atom is 0.0952 e.